The van der Waals surface area contributed by atoms with Gasteiger partial charge < -0.3 is 15.5 Å². The molecule has 9 heteroatoms. The number of carbonyl (C=O) groups excluding carboxylic acids is 3. The van der Waals surface area contributed by atoms with Crippen molar-refractivity contribution in [1.29, 1.82) is 0 Å². The van der Waals surface area contributed by atoms with E-state index in [9.17, 15) is 23.2 Å². The van der Waals surface area contributed by atoms with Gasteiger partial charge in [0.1, 0.15) is 11.6 Å². The molecular weight excluding hydrogens is 346 g/mol. The smallest absolute Gasteiger partial charge is 0.254 e. The summed E-state index contributed by atoms with van der Waals surface area (Å²) in [6.45, 7) is 2.59. The number of benzene rings is 1. The van der Waals surface area contributed by atoms with Crippen molar-refractivity contribution >= 4 is 17.7 Å². The van der Waals surface area contributed by atoms with E-state index in [4.69, 9.17) is 0 Å². The van der Waals surface area contributed by atoms with Gasteiger partial charge in [0.05, 0.1) is 12.1 Å². The minimum Gasteiger partial charge on any atom is -0.358 e. The van der Waals surface area contributed by atoms with E-state index in [0.29, 0.717) is 38.8 Å². The summed E-state index contributed by atoms with van der Waals surface area (Å²) in [5.41, 5.74) is -0.262. The van der Waals surface area contributed by atoms with Gasteiger partial charge in [-0.2, -0.15) is 0 Å². The Morgan fingerprint density at radius 1 is 1.12 bits per heavy atom. The Kier molecular flexibility index (Phi) is 7.02. The number of rotatable bonds is 6. The molecule has 1 saturated heterocycles. The van der Waals surface area contributed by atoms with Crippen LogP contribution in [-0.2, 0) is 9.59 Å². The molecule has 0 aromatic heterocycles. The first-order valence-electron chi connectivity index (χ1n) is 8.34. The van der Waals surface area contributed by atoms with Crippen molar-refractivity contribution in [2.24, 2.45) is 0 Å². The third-order valence-electron chi connectivity index (χ3n) is 4.17. The van der Waals surface area contributed by atoms with E-state index in [1.807, 2.05) is 4.90 Å². The van der Waals surface area contributed by atoms with Crippen molar-refractivity contribution < 1.29 is 23.2 Å². The molecule has 0 atom stereocenters. The first-order chi connectivity index (χ1) is 12.4. The van der Waals surface area contributed by atoms with Crippen LogP contribution in [0.3, 0.4) is 0 Å². The van der Waals surface area contributed by atoms with Crippen LogP contribution in [0.4, 0.5) is 8.78 Å². The highest BCUT2D eigenvalue weighted by molar-refractivity contribution is 5.94. The Bertz CT molecular complexity index is 676. The molecule has 7 nitrogen and oxygen atoms in total. The van der Waals surface area contributed by atoms with E-state index >= 15 is 0 Å². The molecule has 0 radical (unpaired) electrons. The molecule has 0 spiro atoms. The van der Waals surface area contributed by atoms with E-state index in [1.165, 1.54) is 0 Å². The maximum Gasteiger partial charge on any atom is 0.254 e. The van der Waals surface area contributed by atoms with Crippen LogP contribution in [-0.4, -0.2) is 73.8 Å². The lowest BCUT2D eigenvalue weighted by molar-refractivity contribution is -0.133. The summed E-state index contributed by atoms with van der Waals surface area (Å²) in [5.74, 6) is -2.58. The van der Waals surface area contributed by atoms with Crippen molar-refractivity contribution in [3.8, 4) is 0 Å². The summed E-state index contributed by atoms with van der Waals surface area (Å²) in [4.78, 5) is 39.0. The second kappa shape index (κ2) is 9.23. The van der Waals surface area contributed by atoms with Crippen LogP contribution >= 0.6 is 0 Å². The third kappa shape index (κ3) is 5.48. The van der Waals surface area contributed by atoms with Crippen molar-refractivity contribution in [3.63, 3.8) is 0 Å². The molecule has 1 aromatic carbocycles. The average molecular weight is 368 g/mol. The van der Waals surface area contributed by atoms with Gasteiger partial charge in [-0.1, -0.05) is 0 Å². The first kappa shape index (κ1) is 19.8. The standard InChI is InChI=1S/C17H22F2N4O3/c1-20-15(24)11-22-6-8-23(9-7-22)16(25)4-5-21-17(26)13-3-2-12(18)10-14(13)19/h2-3,10H,4-9,11H2,1H3,(H,20,24)(H,21,26). The van der Waals surface area contributed by atoms with Gasteiger partial charge in [-0.15, -0.1) is 0 Å². The molecule has 0 bridgehead atoms. The number of amides is 3. The Morgan fingerprint density at radius 2 is 1.81 bits per heavy atom. The van der Waals surface area contributed by atoms with Gasteiger partial charge in [-0.25, -0.2) is 8.78 Å². The van der Waals surface area contributed by atoms with Gasteiger partial charge in [0.15, 0.2) is 0 Å². The predicted octanol–water partition coefficient (Wildman–Crippen LogP) is -0.0251. The molecule has 142 valence electrons. The Hall–Kier alpha value is -2.55. The van der Waals surface area contributed by atoms with E-state index < -0.39 is 17.5 Å². The lowest BCUT2D eigenvalue weighted by atomic mass is 10.2. The molecule has 1 aliphatic rings. The monoisotopic (exact) mass is 368 g/mol. The fourth-order valence-electron chi connectivity index (χ4n) is 2.65. The van der Waals surface area contributed by atoms with Crippen LogP contribution in [0.5, 0.6) is 0 Å². The normalized spacial score (nSPS) is 14.8. The van der Waals surface area contributed by atoms with Gasteiger partial charge in [0.2, 0.25) is 11.8 Å². The fourth-order valence-corrected chi connectivity index (χ4v) is 2.65. The Labute approximate surface area is 150 Å². The zero-order chi connectivity index (χ0) is 19.1. The Balaban J connectivity index is 1.72. The largest absolute Gasteiger partial charge is 0.358 e. The highest BCUT2D eigenvalue weighted by atomic mass is 19.1. The minimum atomic E-state index is -0.943. The SMILES string of the molecule is CNC(=O)CN1CCN(C(=O)CCNC(=O)c2ccc(F)cc2F)CC1. The number of piperazine rings is 1. The Morgan fingerprint density at radius 3 is 2.42 bits per heavy atom. The van der Waals surface area contributed by atoms with Crippen LogP contribution in [0, 0.1) is 11.6 Å². The summed E-state index contributed by atoms with van der Waals surface area (Å²) in [7, 11) is 1.58. The maximum atomic E-state index is 13.5. The summed E-state index contributed by atoms with van der Waals surface area (Å²) in [6, 6.07) is 2.70. The summed E-state index contributed by atoms with van der Waals surface area (Å²) in [5, 5.41) is 5.02. The maximum absolute atomic E-state index is 13.5. The van der Waals surface area contributed by atoms with Gasteiger partial charge in [0.25, 0.3) is 5.91 Å². The molecule has 0 saturated carbocycles. The molecule has 1 fully saturated rings. The first-order valence-corrected chi connectivity index (χ1v) is 8.34. The van der Waals surface area contributed by atoms with Gasteiger partial charge in [-0.05, 0) is 12.1 Å². The van der Waals surface area contributed by atoms with Crippen LogP contribution in [0.15, 0.2) is 18.2 Å². The zero-order valence-electron chi connectivity index (χ0n) is 14.6. The van der Waals surface area contributed by atoms with E-state index in [-0.39, 0.29) is 30.3 Å². The molecule has 1 aromatic rings. The van der Waals surface area contributed by atoms with Crippen LogP contribution in [0.25, 0.3) is 0 Å². The lowest BCUT2D eigenvalue weighted by Gasteiger charge is -2.34. The van der Waals surface area contributed by atoms with Crippen molar-refractivity contribution in [1.82, 2.24) is 20.4 Å². The molecule has 1 aliphatic heterocycles. The topological polar surface area (TPSA) is 81.8 Å². The minimum absolute atomic E-state index is 0.0624. The third-order valence-corrected chi connectivity index (χ3v) is 4.17. The van der Waals surface area contributed by atoms with Crippen LogP contribution in [0.2, 0.25) is 0 Å². The van der Waals surface area contributed by atoms with Crippen molar-refractivity contribution in [2.45, 2.75) is 6.42 Å². The average Bonchev–Trinajstić information content (AvgIpc) is 2.61. The van der Waals surface area contributed by atoms with Crippen molar-refractivity contribution in [2.75, 3.05) is 46.3 Å². The van der Waals surface area contributed by atoms with Crippen LogP contribution < -0.4 is 10.6 Å². The molecule has 26 heavy (non-hydrogen) atoms. The number of hydrogen-bond acceptors (Lipinski definition) is 4. The van der Waals surface area contributed by atoms with E-state index in [2.05, 4.69) is 10.6 Å². The number of nitrogens with zero attached hydrogens (tertiary/aromatic N) is 2. The molecule has 0 aliphatic carbocycles. The van der Waals surface area contributed by atoms with Gasteiger partial charge in [-0.3, -0.25) is 19.3 Å². The lowest BCUT2D eigenvalue weighted by Crippen LogP contribution is -2.51. The number of nitrogens with one attached hydrogen (secondary N) is 2. The number of carbonyl (C=O) groups is 3. The molecule has 2 rings (SSSR count). The van der Waals surface area contributed by atoms with Crippen LogP contribution in [0.1, 0.15) is 16.8 Å². The molecule has 0 unspecified atom stereocenters. The molecular formula is C17H22F2N4O3. The van der Waals surface area contributed by atoms with Gasteiger partial charge >= 0.3 is 0 Å². The predicted molar refractivity (Wildman–Crippen MR) is 90.4 cm³/mol. The number of halogens is 2. The molecule has 1 heterocycles. The van der Waals surface area contributed by atoms with Gasteiger partial charge in [0, 0.05) is 52.3 Å². The van der Waals surface area contributed by atoms with E-state index in [1.54, 1.807) is 11.9 Å². The fraction of sp³-hybridized carbons (Fsp3) is 0.471. The van der Waals surface area contributed by atoms with Crippen molar-refractivity contribution in [3.05, 3.63) is 35.4 Å². The quantitative estimate of drug-likeness (QED) is 0.739. The molecule has 2 N–H and O–H groups in total. The van der Waals surface area contributed by atoms with E-state index in [0.717, 1.165) is 12.1 Å². The molecule has 3 amide bonds. The summed E-state index contributed by atoms with van der Waals surface area (Å²) < 4.78 is 26.4. The zero-order valence-corrected chi connectivity index (χ0v) is 14.6. The second-order valence-corrected chi connectivity index (χ2v) is 5.96. The highest BCUT2D eigenvalue weighted by Crippen LogP contribution is 2.09. The highest BCUT2D eigenvalue weighted by Gasteiger charge is 2.22. The summed E-state index contributed by atoms with van der Waals surface area (Å²) >= 11 is 0. The summed E-state index contributed by atoms with van der Waals surface area (Å²) in [6.07, 6.45) is 0.0873. The second-order valence-electron chi connectivity index (χ2n) is 5.96. The number of likely N-dealkylation sites (N-methyl/N-ethyl adjacent to an activating group) is 1. The number of hydrogen-bond donors (Lipinski definition) is 2.